The van der Waals surface area contributed by atoms with Crippen molar-refractivity contribution >= 4 is 55.0 Å². The lowest BCUT2D eigenvalue weighted by molar-refractivity contribution is 0.522. The Bertz CT molecular complexity index is 1940. The predicted molar refractivity (Wildman–Crippen MR) is 164 cm³/mol. The van der Waals surface area contributed by atoms with Gasteiger partial charge in [0.2, 0.25) is 0 Å². The summed E-state index contributed by atoms with van der Waals surface area (Å²) in [7, 11) is 0. The van der Waals surface area contributed by atoms with Crippen molar-refractivity contribution in [2.45, 2.75) is 37.3 Å². The van der Waals surface area contributed by atoms with Crippen LogP contribution in [0.3, 0.4) is 0 Å². The highest BCUT2D eigenvalue weighted by atomic mass is 32.1. The van der Waals surface area contributed by atoms with E-state index in [1.54, 1.807) is 0 Å². The smallest absolute Gasteiger partial charge is 0.155 e. The lowest BCUT2D eigenvalue weighted by Gasteiger charge is -2.37. The van der Waals surface area contributed by atoms with E-state index in [1.807, 2.05) is 17.5 Å². The van der Waals surface area contributed by atoms with Gasteiger partial charge in [0.05, 0.1) is 27.8 Å². The molecule has 3 unspecified atom stereocenters. The molecule has 0 bridgehead atoms. The van der Waals surface area contributed by atoms with Crippen molar-refractivity contribution in [2.24, 2.45) is 0 Å². The van der Waals surface area contributed by atoms with Gasteiger partial charge in [-0.15, -0.1) is 11.3 Å². The summed E-state index contributed by atoms with van der Waals surface area (Å²) < 4.78 is 3.64. The highest BCUT2D eigenvalue weighted by Gasteiger charge is 2.41. The molecule has 3 aromatic carbocycles. The van der Waals surface area contributed by atoms with Crippen LogP contribution < -0.4 is 4.90 Å². The fourth-order valence-corrected chi connectivity index (χ4v) is 8.66. The molecule has 0 radical (unpaired) electrons. The summed E-state index contributed by atoms with van der Waals surface area (Å²) >= 11 is 1.89. The zero-order valence-electron chi connectivity index (χ0n) is 21.5. The molecule has 4 heteroatoms. The van der Waals surface area contributed by atoms with Crippen LogP contribution in [0.5, 0.6) is 0 Å². The zero-order valence-corrected chi connectivity index (χ0v) is 22.3. The quantitative estimate of drug-likeness (QED) is 0.213. The third-order valence-corrected chi connectivity index (χ3v) is 10.3. The number of rotatable bonds is 2. The monoisotopic (exact) mass is 521 g/mol. The first-order valence-electron chi connectivity index (χ1n) is 14.0. The number of hydrogen-bond donors (Lipinski definition) is 0. The number of pyridine rings is 1. The van der Waals surface area contributed by atoms with Crippen LogP contribution in [0, 0.1) is 0 Å². The van der Waals surface area contributed by atoms with Crippen molar-refractivity contribution in [3.63, 3.8) is 0 Å². The molecule has 0 spiro atoms. The van der Waals surface area contributed by atoms with Crippen molar-refractivity contribution in [2.75, 3.05) is 4.90 Å². The van der Waals surface area contributed by atoms with Gasteiger partial charge in [0.25, 0.3) is 0 Å². The van der Waals surface area contributed by atoms with Crippen molar-refractivity contribution in [1.82, 2.24) is 9.55 Å². The van der Waals surface area contributed by atoms with Crippen LogP contribution in [0.1, 0.15) is 34.8 Å². The van der Waals surface area contributed by atoms with E-state index in [1.165, 1.54) is 66.4 Å². The summed E-state index contributed by atoms with van der Waals surface area (Å²) in [5.41, 5.74) is 6.83. The van der Waals surface area contributed by atoms with Gasteiger partial charge in [-0.3, -0.25) is 4.57 Å². The number of allylic oxidation sites excluding steroid dienone is 1. The van der Waals surface area contributed by atoms with Crippen LogP contribution in [0.15, 0.2) is 103 Å². The molecule has 0 fully saturated rings. The van der Waals surface area contributed by atoms with E-state index in [9.17, 15) is 0 Å². The minimum Gasteiger partial charge on any atom is -0.357 e. The maximum Gasteiger partial charge on any atom is 0.155 e. The fourth-order valence-electron chi connectivity index (χ4n) is 7.44. The van der Waals surface area contributed by atoms with Crippen molar-refractivity contribution in [3.05, 3.63) is 119 Å². The predicted octanol–water partition coefficient (Wildman–Crippen LogP) is 8.65. The van der Waals surface area contributed by atoms with Gasteiger partial charge in [-0.05, 0) is 60.7 Å². The molecule has 3 aromatic heterocycles. The lowest BCUT2D eigenvalue weighted by atomic mass is 9.86. The Morgan fingerprint density at radius 2 is 1.56 bits per heavy atom. The summed E-state index contributed by atoms with van der Waals surface area (Å²) in [4.78, 5) is 9.08. The van der Waals surface area contributed by atoms with E-state index < -0.39 is 0 Å². The molecule has 3 atom stereocenters. The fraction of sp³-hybridized carbons (Fsp3) is 0.171. The highest BCUT2D eigenvalue weighted by molar-refractivity contribution is 7.20. The Kier molecular flexibility index (Phi) is 4.56. The molecular weight excluding hydrogens is 494 g/mol. The molecule has 6 aromatic rings. The standard InChI is InChI=1S/C35H27N3S/c1-5-13-29-23(9-1)24-10-2-6-14-30(24)37(29)22-17-18-33-28(21-22)27-19-20-36-35(34(27)39-33)38-31-15-7-3-11-25(31)26-12-4-8-16-32(26)38/h1,3-9,11-20,22,24,30H,2,10,21H2. The van der Waals surface area contributed by atoms with Crippen LogP contribution >= 0.6 is 11.3 Å². The molecule has 39 heavy (non-hydrogen) atoms. The second-order valence-corrected chi connectivity index (χ2v) is 12.1. The molecule has 0 saturated carbocycles. The molecule has 188 valence electrons. The minimum atomic E-state index is 0.346. The number of nitrogens with zero attached hydrogens (tertiary/aromatic N) is 3. The number of aromatic nitrogens is 2. The van der Waals surface area contributed by atoms with Gasteiger partial charge in [-0.1, -0.05) is 72.8 Å². The molecule has 0 N–H and O–H groups in total. The van der Waals surface area contributed by atoms with E-state index in [-0.39, 0.29) is 0 Å². The minimum absolute atomic E-state index is 0.346. The second-order valence-electron chi connectivity index (χ2n) is 11.0. The van der Waals surface area contributed by atoms with Gasteiger partial charge in [-0.2, -0.15) is 0 Å². The van der Waals surface area contributed by atoms with Gasteiger partial charge in [0, 0.05) is 38.8 Å². The van der Waals surface area contributed by atoms with E-state index in [2.05, 4.69) is 113 Å². The number of fused-ring (bicyclic) bond motifs is 9. The topological polar surface area (TPSA) is 21.1 Å². The molecule has 0 amide bonds. The Labute approximate surface area is 231 Å². The SMILES string of the molecule is C1=CC2C(CC1)c1ccccc1N2C1C=Cc2sc3c(-n4c5ccccc5c5ccccc54)nccc3c2C1. The summed E-state index contributed by atoms with van der Waals surface area (Å²) in [6.45, 7) is 0. The van der Waals surface area contributed by atoms with Crippen LogP contribution in [0.2, 0.25) is 0 Å². The lowest BCUT2D eigenvalue weighted by Crippen LogP contribution is -2.42. The molecule has 3 nitrogen and oxygen atoms in total. The van der Waals surface area contributed by atoms with Crippen molar-refractivity contribution in [3.8, 4) is 5.82 Å². The molecule has 2 aliphatic carbocycles. The zero-order chi connectivity index (χ0) is 25.5. The first kappa shape index (κ1) is 21.7. The highest BCUT2D eigenvalue weighted by Crippen LogP contribution is 2.49. The summed E-state index contributed by atoms with van der Waals surface area (Å²) in [6.07, 6.45) is 15.1. The third-order valence-electron chi connectivity index (χ3n) is 9.08. The molecule has 4 heterocycles. The Hall–Kier alpha value is -4.15. The molecule has 0 saturated heterocycles. The average Bonchev–Trinajstić information content (AvgIpc) is 3.65. The van der Waals surface area contributed by atoms with Gasteiger partial charge in [0.15, 0.2) is 5.82 Å². The summed E-state index contributed by atoms with van der Waals surface area (Å²) in [5, 5.41) is 3.89. The van der Waals surface area contributed by atoms with Crippen LogP contribution in [0.25, 0.3) is 43.8 Å². The number of anilines is 1. The first-order chi connectivity index (χ1) is 19.4. The number of thiophene rings is 1. The van der Waals surface area contributed by atoms with Gasteiger partial charge < -0.3 is 4.90 Å². The normalized spacial score (nSPS) is 21.5. The van der Waals surface area contributed by atoms with Gasteiger partial charge in [0.1, 0.15) is 0 Å². The number of hydrogen-bond acceptors (Lipinski definition) is 3. The largest absolute Gasteiger partial charge is 0.357 e. The maximum absolute atomic E-state index is 5.00. The summed E-state index contributed by atoms with van der Waals surface area (Å²) in [5.74, 6) is 1.64. The number of benzene rings is 3. The maximum atomic E-state index is 5.00. The third kappa shape index (κ3) is 3.01. The van der Waals surface area contributed by atoms with Crippen molar-refractivity contribution in [1.29, 1.82) is 0 Å². The van der Waals surface area contributed by atoms with E-state index in [0.717, 1.165) is 12.2 Å². The van der Waals surface area contributed by atoms with Crippen LogP contribution in [0.4, 0.5) is 5.69 Å². The summed E-state index contributed by atoms with van der Waals surface area (Å²) in [6, 6.07) is 29.5. The van der Waals surface area contributed by atoms with E-state index in [4.69, 9.17) is 4.98 Å². The molecule has 9 rings (SSSR count). The second kappa shape index (κ2) is 8.17. The van der Waals surface area contributed by atoms with Crippen molar-refractivity contribution < 1.29 is 0 Å². The molecular formula is C35H27N3S. The number of para-hydroxylation sites is 3. The van der Waals surface area contributed by atoms with E-state index >= 15 is 0 Å². The molecule has 1 aliphatic heterocycles. The average molecular weight is 522 g/mol. The Morgan fingerprint density at radius 3 is 2.41 bits per heavy atom. The van der Waals surface area contributed by atoms with Gasteiger partial charge in [-0.25, -0.2) is 4.98 Å². The first-order valence-corrected chi connectivity index (χ1v) is 14.8. The van der Waals surface area contributed by atoms with Crippen LogP contribution in [-0.2, 0) is 6.42 Å². The Balaban J connectivity index is 1.19. The Morgan fingerprint density at radius 1 is 0.795 bits per heavy atom. The van der Waals surface area contributed by atoms with Gasteiger partial charge >= 0.3 is 0 Å². The van der Waals surface area contributed by atoms with Crippen LogP contribution in [-0.4, -0.2) is 21.6 Å². The molecule has 3 aliphatic rings. The van der Waals surface area contributed by atoms with E-state index in [0.29, 0.717) is 18.0 Å².